The molecule has 1 aliphatic heterocycles. The summed E-state index contributed by atoms with van der Waals surface area (Å²) in [5.41, 5.74) is 0.323. The lowest BCUT2D eigenvalue weighted by atomic mass is 9.84. The van der Waals surface area contributed by atoms with Gasteiger partial charge in [0, 0.05) is 31.8 Å². The second-order valence-electron chi connectivity index (χ2n) is 5.27. The summed E-state index contributed by atoms with van der Waals surface area (Å²) in [4.78, 5) is 0. The summed E-state index contributed by atoms with van der Waals surface area (Å²) < 4.78 is 11.0. The largest absolute Gasteiger partial charge is 0.382 e. The standard InChI is InChI=1S/C13H27NO2/c1-4-15-7-5-13(6-8-16-11-13)10-14-9-12(2)3/h12,14H,4-11H2,1-3H3. The molecule has 1 N–H and O–H groups in total. The van der Waals surface area contributed by atoms with Crippen molar-refractivity contribution in [3.8, 4) is 0 Å². The Kier molecular flexibility index (Phi) is 6.32. The molecule has 0 radical (unpaired) electrons. The van der Waals surface area contributed by atoms with Gasteiger partial charge in [-0.1, -0.05) is 13.8 Å². The number of rotatable bonds is 8. The predicted octanol–water partition coefficient (Wildman–Crippen LogP) is 2.07. The van der Waals surface area contributed by atoms with Crippen LogP contribution in [-0.4, -0.2) is 39.5 Å². The van der Waals surface area contributed by atoms with E-state index in [2.05, 4.69) is 26.1 Å². The van der Waals surface area contributed by atoms with Gasteiger partial charge in [-0.2, -0.15) is 0 Å². The lowest BCUT2D eigenvalue weighted by Crippen LogP contribution is -2.37. The molecule has 1 atom stereocenters. The minimum atomic E-state index is 0.323. The summed E-state index contributed by atoms with van der Waals surface area (Å²) in [6.07, 6.45) is 2.29. The van der Waals surface area contributed by atoms with Crippen molar-refractivity contribution in [2.75, 3.05) is 39.5 Å². The van der Waals surface area contributed by atoms with Gasteiger partial charge in [0.1, 0.15) is 0 Å². The number of ether oxygens (including phenoxy) is 2. The molecule has 96 valence electrons. The van der Waals surface area contributed by atoms with Crippen LogP contribution in [0.5, 0.6) is 0 Å². The number of nitrogens with one attached hydrogen (secondary N) is 1. The van der Waals surface area contributed by atoms with E-state index in [0.29, 0.717) is 11.3 Å². The zero-order valence-electron chi connectivity index (χ0n) is 11.1. The lowest BCUT2D eigenvalue weighted by Gasteiger charge is -2.28. The Labute approximate surface area is 99.9 Å². The molecule has 1 rings (SSSR count). The maximum atomic E-state index is 5.55. The van der Waals surface area contributed by atoms with Gasteiger partial charge in [0.2, 0.25) is 0 Å². The minimum absolute atomic E-state index is 0.323. The van der Waals surface area contributed by atoms with E-state index in [1.807, 2.05) is 0 Å². The van der Waals surface area contributed by atoms with Gasteiger partial charge in [0.15, 0.2) is 0 Å². The molecule has 0 spiro atoms. The van der Waals surface area contributed by atoms with Crippen LogP contribution in [0.3, 0.4) is 0 Å². The molecule has 1 fully saturated rings. The Morgan fingerprint density at radius 2 is 2.25 bits per heavy atom. The second kappa shape index (κ2) is 7.25. The van der Waals surface area contributed by atoms with Crippen LogP contribution in [0, 0.1) is 11.3 Å². The van der Waals surface area contributed by atoms with Gasteiger partial charge in [0.25, 0.3) is 0 Å². The van der Waals surface area contributed by atoms with Crippen molar-refractivity contribution >= 4 is 0 Å². The van der Waals surface area contributed by atoms with Crippen LogP contribution < -0.4 is 5.32 Å². The number of hydrogen-bond donors (Lipinski definition) is 1. The molecule has 0 aromatic rings. The molecule has 3 heteroatoms. The zero-order valence-corrected chi connectivity index (χ0v) is 11.1. The van der Waals surface area contributed by atoms with Crippen LogP contribution in [0.4, 0.5) is 0 Å². The van der Waals surface area contributed by atoms with Crippen LogP contribution in [0.1, 0.15) is 33.6 Å². The highest BCUT2D eigenvalue weighted by Gasteiger charge is 2.34. The van der Waals surface area contributed by atoms with Gasteiger partial charge in [0.05, 0.1) is 6.61 Å². The molecule has 1 unspecified atom stereocenters. The van der Waals surface area contributed by atoms with Crippen molar-refractivity contribution in [3.05, 3.63) is 0 Å². The third-order valence-corrected chi connectivity index (χ3v) is 3.22. The molecule has 0 amide bonds. The van der Waals surface area contributed by atoms with Crippen LogP contribution >= 0.6 is 0 Å². The van der Waals surface area contributed by atoms with E-state index < -0.39 is 0 Å². The fourth-order valence-electron chi connectivity index (χ4n) is 2.13. The molecule has 1 heterocycles. The summed E-state index contributed by atoms with van der Waals surface area (Å²) in [6.45, 7) is 12.2. The molecule has 0 bridgehead atoms. The van der Waals surface area contributed by atoms with E-state index >= 15 is 0 Å². The molecule has 1 aliphatic rings. The average molecular weight is 229 g/mol. The van der Waals surface area contributed by atoms with Crippen molar-refractivity contribution < 1.29 is 9.47 Å². The molecule has 0 aromatic heterocycles. The molecule has 0 saturated carbocycles. The molecule has 0 aliphatic carbocycles. The highest BCUT2D eigenvalue weighted by molar-refractivity contribution is 4.85. The topological polar surface area (TPSA) is 30.5 Å². The fraction of sp³-hybridized carbons (Fsp3) is 1.00. The molecule has 16 heavy (non-hydrogen) atoms. The summed E-state index contributed by atoms with van der Waals surface area (Å²) in [7, 11) is 0. The van der Waals surface area contributed by atoms with Gasteiger partial charge < -0.3 is 14.8 Å². The van der Waals surface area contributed by atoms with Crippen LogP contribution in [0.25, 0.3) is 0 Å². The van der Waals surface area contributed by atoms with E-state index in [-0.39, 0.29) is 0 Å². The highest BCUT2D eigenvalue weighted by Crippen LogP contribution is 2.31. The van der Waals surface area contributed by atoms with Crippen molar-refractivity contribution in [1.82, 2.24) is 5.32 Å². The Morgan fingerprint density at radius 3 is 2.81 bits per heavy atom. The third-order valence-electron chi connectivity index (χ3n) is 3.22. The van der Waals surface area contributed by atoms with Gasteiger partial charge in [-0.15, -0.1) is 0 Å². The van der Waals surface area contributed by atoms with Crippen molar-refractivity contribution in [3.63, 3.8) is 0 Å². The molecule has 0 aromatic carbocycles. The first kappa shape index (κ1) is 13.9. The van der Waals surface area contributed by atoms with E-state index in [9.17, 15) is 0 Å². The van der Waals surface area contributed by atoms with E-state index in [1.165, 1.54) is 6.42 Å². The van der Waals surface area contributed by atoms with Crippen LogP contribution in [0.2, 0.25) is 0 Å². The van der Waals surface area contributed by atoms with Crippen LogP contribution in [-0.2, 0) is 9.47 Å². The lowest BCUT2D eigenvalue weighted by molar-refractivity contribution is 0.0864. The van der Waals surface area contributed by atoms with Gasteiger partial charge in [-0.3, -0.25) is 0 Å². The quantitative estimate of drug-likeness (QED) is 0.646. The van der Waals surface area contributed by atoms with E-state index in [4.69, 9.17) is 9.47 Å². The van der Waals surface area contributed by atoms with Crippen LogP contribution in [0.15, 0.2) is 0 Å². The monoisotopic (exact) mass is 229 g/mol. The highest BCUT2D eigenvalue weighted by atomic mass is 16.5. The Balaban J connectivity index is 2.27. The summed E-state index contributed by atoms with van der Waals surface area (Å²) in [5.74, 6) is 0.714. The summed E-state index contributed by atoms with van der Waals surface area (Å²) in [5, 5.41) is 3.56. The first-order valence-electron chi connectivity index (χ1n) is 6.55. The smallest absolute Gasteiger partial charge is 0.0536 e. The maximum Gasteiger partial charge on any atom is 0.0536 e. The maximum absolute atomic E-state index is 5.55. The molecular weight excluding hydrogens is 202 g/mol. The van der Waals surface area contributed by atoms with Gasteiger partial charge in [-0.05, 0) is 32.2 Å². The fourth-order valence-corrected chi connectivity index (χ4v) is 2.13. The third kappa shape index (κ3) is 4.81. The molecular formula is C13H27NO2. The van der Waals surface area contributed by atoms with Crippen molar-refractivity contribution in [2.24, 2.45) is 11.3 Å². The molecule has 1 saturated heterocycles. The normalized spacial score (nSPS) is 25.5. The average Bonchev–Trinajstić information content (AvgIpc) is 2.67. The second-order valence-corrected chi connectivity index (χ2v) is 5.27. The predicted molar refractivity (Wildman–Crippen MR) is 66.7 cm³/mol. The zero-order chi connectivity index (χ0) is 11.9. The van der Waals surface area contributed by atoms with Gasteiger partial charge >= 0.3 is 0 Å². The minimum Gasteiger partial charge on any atom is -0.382 e. The number of hydrogen-bond acceptors (Lipinski definition) is 3. The summed E-state index contributed by atoms with van der Waals surface area (Å²) >= 11 is 0. The van der Waals surface area contributed by atoms with E-state index in [0.717, 1.165) is 45.9 Å². The Bertz CT molecular complexity index is 177. The summed E-state index contributed by atoms with van der Waals surface area (Å²) in [6, 6.07) is 0. The van der Waals surface area contributed by atoms with Crippen molar-refractivity contribution in [1.29, 1.82) is 0 Å². The van der Waals surface area contributed by atoms with E-state index in [1.54, 1.807) is 0 Å². The van der Waals surface area contributed by atoms with Crippen molar-refractivity contribution in [2.45, 2.75) is 33.6 Å². The first-order chi connectivity index (χ1) is 7.68. The Hall–Kier alpha value is -0.120. The van der Waals surface area contributed by atoms with Gasteiger partial charge in [-0.25, -0.2) is 0 Å². The first-order valence-corrected chi connectivity index (χ1v) is 6.55. The Morgan fingerprint density at radius 1 is 1.44 bits per heavy atom. The SMILES string of the molecule is CCOCCC1(CNCC(C)C)CCOC1. The molecule has 3 nitrogen and oxygen atoms in total.